The van der Waals surface area contributed by atoms with Gasteiger partial charge in [-0.05, 0) is 25.7 Å². The summed E-state index contributed by atoms with van der Waals surface area (Å²) in [4.78, 5) is 11.0. The van der Waals surface area contributed by atoms with E-state index >= 15 is 0 Å². The number of hydrogen-bond donors (Lipinski definition) is 1. The maximum absolute atomic E-state index is 11.3. The second-order valence-corrected chi connectivity index (χ2v) is 4.90. The Morgan fingerprint density at radius 3 is 2.95 bits per heavy atom. The number of hydrogen-bond acceptors (Lipinski definition) is 4. The van der Waals surface area contributed by atoms with Crippen molar-refractivity contribution in [3.63, 3.8) is 0 Å². The van der Waals surface area contributed by atoms with Gasteiger partial charge in [0.15, 0.2) is 0 Å². The predicted octanol–water partition coefficient (Wildman–Crippen LogP) is 2.80. The Bertz CT molecular complexity index is 493. The fourth-order valence-corrected chi connectivity index (χ4v) is 2.45. The van der Waals surface area contributed by atoms with Crippen LogP contribution in [0.1, 0.15) is 38.3 Å². The molecule has 2 rings (SSSR count). The van der Waals surface area contributed by atoms with Crippen LogP contribution in [0.15, 0.2) is 12.2 Å². The standard InChI is InChI=1S/C13H20N4O2/c1-3-7-11-12(17(18)19)13(16(2)15-11)14-10-8-5-4-6-9-10/h4-5,10,14H,3,6-9H2,1-2H3. The zero-order chi connectivity index (χ0) is 13.8. The molecule has 0 saturated carbocycles. The van der Waals surface area contributed by atoms with Gasteiger partial charge in [0.1, 0.15) is 5.69 Å². The minimum absolute atomic E-state index is 0.138. The van der Waals surface area contributed by atoms with E-state index in [0.29, 0.717) is 17.9 Å². The largest absolute Gasteiger partial charge is 0.361 e. The lowest BCUT2D eigenvalue weighted by Gasteiger charge is -2.19. The van der Waals surface area contributed by atoms with Gasteiger partial charge >= 0.3 is 5.69 Å². The summed E-state index contributed by atoms with van der Waals surface area (Å²) in [6, 6.07) is 0.258. The SMILES string of the molecule is CCCc1nn(C)c(NC2CC=CCC2)c1[N+](=O)[O-]. The summed E-state index contributed by atoms with van der Waals surface area (Å²) >= 11 is 0. The first kappa shape index (κ1) is 13.6. The lowest BCUT2D eigenvalue weighted by Crippen LogP contribution is -2.22. The molecule has 0 aliphatic heterocycles. The van der Waals surface area contributed by atoms with Crippen LogP contribution in [-0.4, -0.2) is 20.7 Å². The van der Waals surface area contributed by atoms with E-state index in [4.69, 9.17) is 0 Å². The number of allylic oxidation sites excluding steroid dienone is 1. The highest BCUT2D eigenvalue weighted by Gasteiger charge is 2.27. The Morgan fingerprint density at radius 1 is 1.58 bits per heavy atom. The van der Waals surface area contributed by atoms with E-state index in [-0.39, 0.29) is 16.7 Å². The van der Waals surface area contributed by atoms with Gasteiger partial charge in [-0.2, -0.15) is 5.10 Å². The lowest BCUT2D eigenvalue weighted by atomic mass is 10.0. The van der Waals surface area contributed by atoms with Crippen LogP contribution in [0.5, 0.6) is 0 Å². The second kappa shape index (κ2) is 5.86. The molecule has 0 spiro atoms. The average molecular weight is 264 g/mol. The molecule has 19 heavy (non-hydrogen) atoms. The quantitative estimate of drug-likeness (QED) is 0.504. The molecule has 0 bridgehead atoms. The maximum Gasteiger partial charge on any atom is 0.333 e. The normalized spacial score (nSPS) is 18.5. The van der Waals surface area contributed by atoms with Gasteiger partial charge < -0.3 is 5.32 Å². The van der Waals surface area contributed by atoms with E-state index in [2.05, 4.69) is 22.6 Å². The van der Waals surface area contributed by atoms with Crippen molar-refractivity contribution in [1.29, 1.82) is 0 Å². The molecule has 1 aromatic heterocycles. The Hall–Kier alpha value is -1.85. The maximum atomic E-state index is 11.3. The second-order valence-electron chi connectivity index (χ2n) is 4.90. The van der Waals surface area contributed by atoms with Gasteiger partial charge in [-0.1, -0.05) is 25.5 Å². The number of nitro groups is 1. The van der Waals surface area contributed by atoms with Gasteiger partial charge in [0.2, 0.25) is 5.82 Å². The van der Waals surface area contributed by atoms with Gasteiger partial charge in [0.25, 0.3) is 0 Å². The molecular weight excluding hydrogens is 244 g/mol. The molecule has 0 radical (unpaired) electrons. The van der Waals surface area contributed by atoms with E-state index in [0.717, 1.165) is 25.7 Å². The number of aromatic nitrogens is 2. The number of rotatable bonds is 5. The number of nitrogens with zero attached hydrogens (tertiary/aromatic N) is 3. The summed E-state index contributed by atoms with van der Waals surface area (Å²) in [7, 11) is 1.76. The van der Waals surface area contributed by atoms with Gasteiger partial charge in [0.05, 0.1) is 4.92 Å². The molecule has 104 valence electrons. The van der Waals surface area contributed by atoms with Crippen molar-refractivity contribution in [3.05, 3.63) is 28.0 Å². The van der Waals surface area contributed by atoms with Crippen molar-refractivity contribution in [2.45, 2.75) is 45.1 Å². The van der Waals surface area contributed by atoms with Crippen molar-refractivity contribution >= 4 is 11.5 Å². The van der Waals surface area contributed by atoms with E-state index in [1.54, 1.807) is 11.7 Å². The van der Waals surface area contributed by atoms with Crippen LogP contribution in [0.4, 0.5) is 11.5 Å². The topological polar surface area (TPSA) is 73.0 Å². The predicted molar refractivity (Wildman–Crippen MR) is 74.3 cm³/mol. The highest BCUT2D eigenvalue weighted by Crippen LogP contribution is 2.30. The zero-order valence-corrected chi connectivity index (χ0v) is 11.4. The summed E-state index contributed by atoms with van der Waals surface area (Å²) in [6.45, 7) is 2.00. The molecule has 1 atom stereocenters. The molecule has 1 aromatic rings. The molecule has 6 nitrogen and oxygen atoms in total. The summed E-state index contributed by atoms with van der Waals surface area (Å²) < 4.78 is 1.60. The van der Waals surface area contributed by atoms with Gasteiger partial charge in [0, 0.05) is 13.1 Å². The Labute approximate surface area is 112 Å². The molecule has 0 saturated heterocycles. The Balaban J connectivity index is 2.27. The minimum atomic E-state index is -0.320. The van der Waals surface area contributed by atoms with Crippen molar-refractivity contribution in [1.82, 2.24) is 9.78 Å². The average Bonchev–Trinajstić information content (AvgIpc) is 2.68. The highest BCUT2D eigenvalue weighted by molar-refractivity contribution is 5.60. The van der Waals surface area contributed by atoms with Gasteiger partial charge in [-0.15, -0.1) is 0 Å². The van der Waals surface area contributed by atoms with Gasteiger partial charge in [-0.3, -0.25) is 10.1 Å². The third-order valence-electron chi connectivity index (χ3n) is 3.37. The molecule has 6 heteroatoms. The third-order valence-corrected chi connectivity index (χ3v) is 3.37. The Kier molecular flexibility index (Phi) is 4.19. The molecule has 0 aromatic carbocycles. The minimum Gasteiger partial charge on any atom is -0.361 e. The summed E-state index contributed by atoms with van der Waals surface area (Å²) in [5, 5.41) is 18.8. The van der Waals surface area contributed by atoms with E-state index < -0.39 is 0 Å². The molecule has 1 N–H and O–H groups in total. The smallest absolute Gasteiger partial charge is 0.333 e. The molecular formula is C13H20N4O2. The number of anilines is 1. The van der Waals surface area contributed by atoms with Crippen LogP contribution in [0, 0.1) is 10.1 Å². The van der Waals surface area contributed by atoms with Gasteiger partial charge in [-0.25, -0.2) is 4.68 Å². The first-order valence-electron chi connectivity index (χ1n) is 6.75. The fraction of sp³-hybridized carbons (Fsp3) is 0.615. The van der Waals surface area contributed by atoms with E-state index in [1.165, 1.54) is 0 Å². The van der Waals surface area contributed by atoms with Crippen LogP contribution in [0.2, 0.25) is 0 Å². The Morgan fingerprint density at radius 2 is 2.37 bits per heavy atom. The van der Waals surface area contributed by atoms with Crippen LogP contribution in [-0.2, 0) is 13.5 Å². The monoisotopic (exact) mass is 264 g/mol. The first-order chi connectivity index (χ1) is 9.13. The molecule has 0 fully saturated rings. The summed E-state index contributed by atoms with van der Waals surface area (Å²) in [6.07, 6.45) is 8.69. The fourth-order valence-electron chi connectivity index (χ4n) is 2.45. The molecule has 1 aliphatic carbocycles. The van der Waals surface area contributed by atoms with Crippen LogP contribution in [0.25, 0.3) is 0 Å². The van der Waals surface area contributed by atoms with Crippen LogP contribution in [0.3, 0.4) is 0 Å². The summed E-state index contributed by atoms with van der Waals surface area (Å²) in [5.74, 6) is 0.536. The summed E-state index contributed by atoms with van der Waals surface area (Å²) in [5.41, 5.74) is 0.711. The highest BCUT2D eigenvalue weighted by atomic mass is 16.6. The van der Waals surface area contributed by atoms with Crippen molar-refractivity contribution in [2.75, 3.05) is 5.32 Å². The molecule has 1 heterocycles. The molecule has 1 unspecified atom stereocenters. The molecule has 1 aliphatic rings. The lowest BCUT2D eigenvalue weighted by molar-refractivity contribution is -0.384. The number of aryl methyl sites for hydroxylation is 2. The van der Waals surface area contributed by atoms with Crippen LogP contribution < -0.4 is 5.32 Å². The third kappa shape index (κ3) is 2.94. The zero-order valence-electron chi connectivity index (χ0n) is 11.4. The van der Waals surface area contributed by atoms with Crippen molar-refractivity contribution in [3.8, 4) is 0 Å². The van der Waals surface area contributed by atoms with Crippen molar-refractivity contribution in [2.24, 2.45) is 7.05 Å². The number of nitrogens with one attached hydrogen (secondary N) is 1. The first-order valence-corrected chi connectivity index (χ1v) is 6.75. The van der Waals surface area contributed by atoms with E-state index in [1.807, 2.05) is 6.92 Å². The van der Waals surface area contributed by atoms with E-state index in [9.17, 15) is 10.1 Å². The van der Waals surface area contributed by atoms with Crippen molar-refractivity contribution < 1.29 is 4.92 Å². The van der Waals surface area contributed by atoms with Crippen LogP contribution >= 0.6 is 0 Å². The molecule has 0 amide bonds.